The van der Waals surface area contributed by atoms with E-state index in [0.29, 0.717) is 6.04 Å². The van der Waals surface area contributed by atoms with Crippen molar-refractivity contribution in [3.05, 3.63) is 29.8 Å². The molecule has 1 aromatic rings. The van der Waals surface area contributed by atoms with Gasteiger partial charge in [0.25, 0.3) is 0 Å². The Kier molecular flexibility index (Phi) is 2.63. The van der Waals surface area contributed by atoms with Gasteiger partial charge in [0.2, 0.25) is 0 Å². The van der Waals surface area contributed by atoms with Gasteiger partial charge in [-0.25, -0.2) is 0 Å². The Labute approximate surface area is 101 Å². The average Bonchev–Trinajstić information content (AvgIpc) is 2.94. The predicted molar refractivity (Wildman–Crippen MR) is 67.0 cm³/mol. The third-order valence-electron chi connectivity index (χ3n) is 3.70. The van der Waals surface area contributed by atoms with Crippen LogP contribution in [0.4, 0.5) is 5.69 Å². The molecule has 1 aromatic carbocycles. The van der Waals surface area contributed by atoms with Crippen molar-refractivity contribution in [2.24, 2.45) is 5.16 Å². The summed E-state index contributed by atoms with van der Waals surface area (Å²) in [5, 5.41) is 16.3. The number of fused-ring (bicyclic) bond motifs is 1. The Hall–Kier alpha value is -1.71. The molecule has 0 bridgehead atoms. The molecule has 1 fully saturated rings. The lowest BCUT2D eigenvalue weighted by Gasteiger charge is -2.33. The first-order valence-corrected chi connectivity index (χ1v) is 6.21. The summed E-state index contributed by atoms with van der Waals surface area (Å²) in [5.41, 5.74) is 2.57. The topological polar surface area (TPSA) is 39.1 Å². The maximum atomic E-state index is 8.77. The third kappa shape index (κ3) is 1.73. The van der Waals surface area contributed by atoms with Crippen LogP contribution in [0.1, 0.15) is 31.2 Å². The number of rotatable bonds is 2. The number of anilines is 1. The van der Waals surface area contributed by atoms with Crippen molar-refractivity contribution < 1.29 is 5.21 Å². The Bertz CT molecular complexity index is 426. The number of nitrogens with zero attached hydrogens (tertiary/aromatic N) is 3. The molecule has 0 amide bonds. The number of oxime groups is 1. The molecular weight excluding hydrogens is 214 g/mol. The van der Waals surface area contributed by atoms with Crippen LogP contribution in [0.2, 0.25) is 0 Å². The van der Waals surface area contributed by atoms with Crippen molar-refractivity contribution >= 4 is 12.0 Å². The van der Waals surface area contributed by atoms with Gasteiger partial charge in [-0.3, -0.25) is 10.0 Å². The quantitative estimate of drug-likeness (QED) is 0.368. The minimum Gasteiger partial charge on any atom is -0.410 e. The van der Waals surface area contributed by atoms with Crippen LogP contribution >= 0.6 is 0 Å². The van der Waals surface area contributed by atoms with Crippen molar-refractivity contribution in [3.8, 4) is 0 Å². The molecule has 1 aliphatic heterocycles. The number of para-hydroxylation sites is 1. The van der Waals surface area contributed by atoms with E-state index < -0.39 is 0 Å². The minimum absolute atomic E-state index is 0.552. The molecule has 1 N–H and O–H groups in total. The molecule has 4 heteroatoms. The highest BCUT2D eigenvalue weighted by Crippen LogP contribution is 2.36. The van der Waals surface area contributed by atoms with Gasteiger partial charge in [-0.1, -0.05) is 36.2 Å². The molecule has 4 nitrogen and oxygen atoms in total. The van der Waals surface area contributed by atoms with Gasteiger partial charge in [-0.2, -0.15) is 0 Å². The number of benzene rings is 1. The minimum atomic E-state index is 0.552. The van der Waals surface area contributed by atoms with Gasteiger partial charge in [0, 0.05) is 0 Å². The van der Waals surface area contributed by atoms with Crippen LogP contribution in [-0.2, 0) is 6.54 Å². The smallest absolute Gasteiger partial charge is 0.149 e. The zero-order valence-electron chi connectivity index (χ0n) is 9.79. The zero-order chi connectivity index (χ0) is 11.7. The van der Waals surface area contributed by atoms with Gasteiger partial charge >= 0.3 is 0 Å². The van der Waals surface area contributed by atoms with Crippen LogP contribution in [0.3, 0.4) is 0 Å². The highest BCUT2D eigenvalue weighted by Gasteiger charge is 2.32. The summed E-state index contributed by atoms with van der Waals surface area (Å²) in [6.45, 7) is 0.802. The van der Waals surface area contributed by atoms with E-state index in [-0.39, 0.29) is 0 Å². The molecule has 90 valence electrons. The summed E-state index contributed by atoms with van der Waals surface area (Å²) < 4.78 is 0. The lowest BCUT2D eigenvalue weighted by atomic mass is 10.1. The highest BCUT2D eigenvalue weighted by atomic mass is 16.4. The summed E-state index contributed by atoms with van der Waals surface area (Å²) in [6, 6.07) is 8.98. The lowest BCUT2D eigenvalue weighted by molar-refractivity contribution is 0.297. The van der Waals surface area contributed by atoms with Crippen LogP contribution < -0.4 is 5.01 Å². The number of hydrogen-bond acceptors (Lipinski definition) is 3. The molecule has 0 atom stereocenters. The van der Waals surface area contributed by atoms with E-state index in [1.54, 1.807) is 0 Å². The van der Waals surface area contributed by atoms with Gasteiger partial charge in [0.15, 0.2) is 0 Å². The Balaban J connectivity index is 1.95. The van der Waals surface area contributed by atoms with Crippen LogP contribution in [0, 0.1) is 0 Å². The normalized spacial score (nSPS) is 20.5. The van der Waals surface area contributed by atoms with Crippen molar-refractivity contribution in [2.45, 2.75) is 38.3 Å². The van der Waals surface area contributed by atoms with E-state index in [1.165, 1.54) is 43.3 Å². The van der Waals surface area contributed by atoms with Crippen LogP contribution in [0.25, 0.3) is 0 Å². The van der Waals surface area contributed by atoms with E-state index in [9.17, 15) is 0 Å². The fourth-order valence-corrected chi connectivity index (χ4v) is 2.97. The molecule has 0 radical (unpaired) electrons. The van der Waals surface area contributed by atoms with Crippen molar-refractivity contribution in [1.29, 1.82) is 0 Å². The highest BCUT2D eigenvalue weighted by molar-refractivity contribution is 5.67. The summed E-state index contributed by atoms with van der Waals surface area (Å²) in [7, 11) is 0. The zero-order valence-corrected chi connectivity index (χ0v) is 9.79. The molecular formula is C13H17N3O. The van der Waals surface area contributed by atoms with Gasteiger partial charge < -0.3 is 5.21 Å². The summed E-state index contributed by atoms with van der Waals surface area (Å²) in [6.07, 6.45) is 6.56. The van der Waals surface area contributed by atoms with Gasteiger partial charge in [0.1, 0.15) is 6.34 Å². The van der Waals surface area contributed by atoms with E-state index >= 15 is 0 Å². The summed E-state index contributed by atoms with van der Waals surface area (Å²) in [5.74, 6) is 0. The molecule has 2 aliphatic rings. The summed E-state index contributed by atoms with van der Waals surface area (Å²) in [4.78, 5) is 0. The van der Waals surface area contributed by atoms with Crippen molar-refractivity contribution in [1.82, 2.24) is 5.01 Å². The van der Waals surface area contributed by atoms with E-state index in [2.05, 4.69) is 34.4 Å². The Morgan fingerprint density at radius 2 is 2.00 bits per heavy atom. The first kappa shape index (κ1) is 10.4. The van der Waals surface area contributed by atoms with Gasteiger partial charge in [-0.15, -0.1) is 0 Å². The Morgan fingerprint density at radius 1 is 1.24 bits per heavy atom. The van der Waals surface area contributed by atoms with Crippen molar-refractivity contribution in [2.75, 3.05) is 5.01 Å². The van der Waals surface area contributed by atoms with Gasteiger partial charge in [0.05, 0.1) is 18.3 Å². The van der Waals surface area contributed by atoms with Gasteiger partial charge in [-0.05, 0) is 24.5 Å². The molecule has 0 saturated heterocycles. The molecule has 1 aliphatic carbocycles. The molecule has 0 aromatic heterocycles. The number of hydrazine groups is 1. The first-order valence-electron chi connectivity index (χ1n) is 6.21. The second-order valence-electron chi connectivity index (χ2n) is 4.74. The second kappa shape index (κ2) is 4.28. The monoisotopic (exact) mass is 231 g/mol. The van der Waals surface area contributed by atoms with Crippen LogP contribution in [0.15, 0.2) is 29.4 Å². The van der Waals surface area contributed by atoms with Crippen LogP contribution in [-0.4, -0.2) is 22.6 Å². The van der Waals surface area contributed by atoms with E-state index in [1.807, 2.05) is 5.01 Å². The predicted octanol–water partition coefficient (Wildman–Crippen LogP) is 2.58. The lowest BCUT2D eigenvalue weighted by Crippen LogP contribution is -2.43. The van der Waals surface area contributed by atoms with Crippen molar-refractivity contribution in [3.63, 3.8) is 0 Å². The second-order valence-corrected chi connectivity index (χ2v) is 4.74. The first-order chi connectivity index (χ1) is 8.40. The SMILES string of the molecule is ON=CN1Cc2ccccc2N1C1CCCC1. The molecule has 0 spiro atoms. The maximum absolute atomic E-state index is 8.77. The molecule has 3 rings (SSSR count). The standard InChI is InChI=1S/C13H17N3O/c17-14-10-15-9-11-5-1-4-8-13(11)16(15)12-6-2-3-7-12/h1,4-5,8,10,12,17H,2-3,6-7,9H2. The van der Waals surface area contributed by atoms with E-state index in [0.717, 1.165) is 6.54 Å². The fraction of sp³-hybridized carbons (Fsp3) is 0.462. The molecule has 1 heterocycles. The average molecular weight is 231 g/mol. The van der Waals surface area contributed by atoms with E-state index in [4.69, 9.17) is 5.21 Å². The fourth-order valence-electron chi connectivity index (χ4n) is 2.97. The molecule has 1 saturated carbocycles. The maximum Gasteiger partial charge on any atom is 0.149 e. The number of hydrogen-bond donors (Lipinski definition) is 1. The molecule has 17 heavy (non-hydrogen) atoms. The summed E-state index contributed by atoms with van der Waals surface area (Å²) >= 11 is 0. The molecule has 0 unspecified atom stereocenters. The van der Waals surface area contributed by atoms with Crippen LogP contribution in [0.5, 0.6) is 0 Å². The Morgan fingerprint density at radius 3 is 2.76 bits per heavy atom. The largest absolute Gasteiger partial charge is 0.410 e. The third-order valence-corrected chi connectivity index (χ3v) is 3.70.